The Balaban J connectivity index is 2.43. The van der Waals surface area contributed by atoms with Gasteiger partial charge in [0.2, 0.25) is 0 Å². The van der Waals surface area contributed by atoms with E-state index in [0.717, 1.165) is 10.9 Å². The van der Waals surface area contributed by atoms with E-state index in [2.05, 4.69) is 0 Å². The number of hydrogen-bond acceptors (Lipinski definition) is 4. The predicted octanol–water partition coefficient (Wildman–Crippen LogP) is 2.25. The maximum atomic E-state index is 11.2. The molecule has 2 rings (SSSR count). The molecule has 1 aromatic carbocycles. The second-order valence-corrected chi connectivity index (χ2v) is 3.97. The Morgan fingerprint density at radius 1 is 1.41 bits per heavy atom. The fourth-order valence-corrected chi connectivity index (χ4v) is 1.59. The van der Waals surface area contributed by atoms with Crippen LogP contribution in [0.1, 0.15) is 5.56 Å². The third kappa shape index (κ3) is 2.65. The average molecular weight is 253 g/mol. The zero-order valence-electron chi connectivity index (χ0n) is 9.03. The molecule has 2 aromatic rings. The van der Waals surface area contributed by atoms with Crippen molar-refractivity contribution < 1.29 is 13.9 Å². The third-order valence-corrected chi connectivity index (χ3v) is 2.38. The molecule has 88 valence electrons. The lowest BCUT2D eigenvalue weighted by molar-refractivity contribution is -0.113. The summed E-state index contributed by atoms with van der Waals surface area (Å²) in [6, 6.07) is 6.44. The van der Waals surface area contributed by atoms with E-state index in [1.807, 2.05) is 6.92 Å². The summed E-state index contributed by atoms with van der Waals surface area (Å²) in [7, 11) is 0. The lowest BCUT2D eigenvalue weighted by Gasteiger charge is -2.05. The van der Waals surface area contributed by atoms with Crippen molar-refractivity contribution >= 4 is 27.8 Å². The first-order valence-corrected chi connectivity index (χ1v) is 5.30. The first kappa shape index (κ1) is 11.7. The fraction of sp³-hybridized carbons (Fsp3) is 0.167. The number of halogens is 1. The van der Waals surface area contributed by atoms with Crippen LogP contribution in [-0.4, -0.2) is 11.8 Å². The lowest BCUT2D eigenvalue weighted by Crippen LogP contribution is -2.04. The normalized spacial score (nSPS) is 10.5. The van der Waals surface area contributed by atoms with Crippen LogP contribution >= 0.6 is 11.6 Å². The Kier molecular flexibility index (Phi) is 3.15. The summed E-state index contributed by atoms with van der Waals surface area (Å²) < 4.78 is 10.1. The molecule has 1 aromatic heterocycles. The highest BCUT2D eigenvalue weighted by atomic mass is 35.5. The second-order valence-electron chi connectivity index (χ2n) is 3.55. The largest absolute Gasteiger partial charge is 0.484 e. The number of carbonyl (C=O) groups is 1. The van der Waals surface area contributed by atoms with Gasteiger partial charge >= 0.3 is 5.63 Å². The number of benzene rings is 1. The van der Waals surface area contributed by atoms with Crippen LogP contribution in [0.15, 0.2) is 33.5 Å². The molecule has 17 heavy (non-hydrogen) atoms. The predicted molar refractivity (Wildman–Crippen MR) is 63.6 cm³/mol. The molecular weight excluding hydrogens is 244 g/mol. The van der Waals surface area contributed by atoms with E-state index in [0.29, 0.717) is 11.3 Å². The quantitative estimate of drug-likeness (QED) is 0.621. The molecule has 0 spiro atoms. The molecule has 0 amide bonds. The molecule has 1 heterocycles. The standard InChI is InChI=1S/C12H9ClO4/c1-7-4-12(15)17-10-5-8(2-3-9(7)10)16-6-11(13)14/h2-5H,6H2,1H3. The maximum Gasteiger partial charge on any atom is 0.336 e. The Bertz CT molecular complexity index is 630. The molecule has 0 aliphatic heterocycles. The van der Waals surface area contributed by atoms with E-state index in [9.17, 15) is 9.59 Å². The van der Waals surface area contributed by atoms with Gasteiger partial charge in [-0.2, -0.15) is 0 Å². The molecule has 0 atom stereocenters. The van der Waals surface area contributed by atoms with Crippen molar-refractivity contribution in [3.05, 3.63) is 40.2 Å². The van der Waals surface area contributed by atoms with Crippen molar-refractivity contribution in [1.82, 2.24) is 0 Å². The van der Waals surface area contributed by atoms with Gasteiger partial charge in [-0.05, 0) is 36.2 Å². The van der Waals surface area contributed by atoms with Crippen LogP contribution in [0.4, 0.5) is 0 Å². The molecule has 0 fully saturated rings. The molecule has 0 unspecified atom stereocenters. The maximum absolute atomic E-state index is 11.2. The van der Waals surface area contributed by atoms with Crippen molar-refractivity contribution in [1.29, 1.82) is 0 Å². The third-order valence-electron chi connectivity index (χ3n) is 2.28. The number of rotatable bonds is 3. The molecule has 0 N–H and O–H groups in total. The van der Waals surface area contributed by atoms with Crippen LogP contribution < -0.4 is 10.4 Å². The van der Waals surface area contributed by atoms with Gasteiger partial charge in [0.25, 0.3) is 5.24 Å². The van der Waals surface area contributed by atoms with Crippen LogP contribution in [0.2, 0.25) is 0 Å². The fourth-order valence-electron chi connectivity index (χ4n) is 1.54. The van der Waals surface area contributed by atoms with Gasteiger partial charge in [0.1, 0.15) is 11.3 Å². The SMILES string of the molecule is Cc1cc(=O)oc2cc(OCC(=O)Cl)ccc12. The van der Waals surface area contributed by atoms with Gasteiger partial charge in [0.05, 0.1) is 0 Å². The summed E-state index contributed by atoms with van der Waals surface area (Å²) in [5.41, 5.74) is 0.839. The van der Waals surface area contributed by atoms with Gasteiger partial charge < -0.3 is 9.15 Å². The van der Waals surface area contributed by atoms with Crippen LogP contribution in [0, 0.1) is 6.92 Å². The zero-order chi connectivity index (χ0) is 12.4. The van der Waals surface area contributed by atoms with Gasteiger partial charge in [0.15, 0.2) is 6.61 Å². The van der Waals surface area contributed by atoms with Crippen LogP contribution in [-0.2, 0) is 4.79 Å². The number of hydrogen-bond donors (Lipinski definition) is 0. The summed E-state index contributed by atoms with van der Waals surface area (Å²) in [5.74, 6) is 0.431. The Morgan fingerprint density at radius 3 is 2.88 bits per heavy atom. The minimum Gasteiger partial charge on any atom is -0.484 e. The summed E-state index contributed by atoms with van der Waals surface area (Å²) in [5, 5.41) is 0.241. The Hall–Kier alpha value is -1.81. The van der Waals surface area contributed by atoms with E-state index in [4.69, 9.17) is 20.8 Å². The Labute approximate surface area is 102 Å². The van der Waals surface area contributed by atoms with E-state index in [1.165, 1.54) is 6.07 Å². The summed E-state index contributed by atoms with van der Waals surface area (Å²) in [4.78, 5) is 21.8. The van der Waals surface area contributed by atoms with Crippen molar-refractivity contribution in [3.63, 3.8) is 0 Å². The topological polar surface area (TPSA) is 56.5 Å². The zero-order valence-corrected chi connectivity index (χ0v) is 9.78. The van der Waals surface area contributed by atoms with Crippen LogP contribution in [0.5, 0.6) is 5.75 Å². The monoisotopic (exact) mass is 252 g/mol. The minimum atomic E-state index is -0.587. The minimum absolute atomic E-state index is 0.219. The van der Waals surface area contributed by atoms with Crippen LogP contribution in [0.25, 0.3) is 11.0 Å². The molecule has 5 heteroatoms. The average Bonchev–Trinajstić information content (AvgIpc) is 2.25. The first-order valence-electron chi connectivity index (χ1n) is 4.92. The molecule has 0 radical (unpaired) electrons. The van der Waals surface area contributed by atoms with Crippen LogP contribution in [0.3, 0.4) is 0 Å². The van der Waals surface area contributed by atoms with Crippen molar-refractivity contribution in [2.75, 3.05) is 6.61 Å². The van der Waals surface area contributed by atoms with Gasteiger partial charge in [-0.25, -0.2) is 4.79 Å². The molecular formula is C12H9ClO4. The van der Waals surface area contributed by atoms with Crippen molar-refractivity contribution in [2.24, 2.45) is 0 Å². The van der Waals surface area contributed by atoms with Crippen molar-refractivity contribution in [2.45, 2.75) is 6.92 Å². The van der Waals surface area contributed by atoms with E-state index in [1.54, 1.807) is 18.2 Å². The molecule has 4 nitrogen and oxygen atoms in total. The summed E-state index contributed by atoms with van der Waals surface area (Å²) in [6.07, 6.45) is 0. The highest BCUT2D eigenvalue weighted by molar-refractivity contribution is 6.63. The van der Waals surface area contributed by atoms with E-state index in [-0.39, 0.29) is 6.61 Å². The Morgan fingerprint density at radius 2 is 2.18 bits per heavy atom. The lowest BCUT2D eigenvalue weighted by atomic mass is 10.1. The molecule has 0 bridgehead atoms. The van der Waals surface area contributed by atoms with Gasteiger partial charge in [-0.3, -0.25) is 4.79 Å². The van der Waals surface area contributed by atoms with Gasteiger partial charge in [0, 0.05) is 17.5 Å². The summed E-state index contributed by atoms with van der Waals surface area (Å²) in [6.45, 7) is 1.60. The highest BCUT2D eigenvalue weighted by Crippen LogP contribution is 2.22. The number of carbonyl (C=O) groups excluding carboxylic acids is 1. The molecule has 0 aliphatic rings. The highest BCUT2D eigenvalue weighted by Gasteiger charge is 2.05. The summed E-state index contributed by atoms with van der Waals surface area (Å²) >= 11 is 5.16. The van der Waals surface area contributed by atoms with E-state index < -0.39 is 10.9 Å². The molecule has 0 saturated carbocycles. The van der Waals surface area contributed by atoms with E-state index >= 15 is 0 Å². The number of aryl methyl sites for hydroxylation is 1. The second kappa shape index (κ2) is 4.59. The van der Waals surface area contributed by atoms with Gasteiger partial charge in [-0.15, -0.1) is 0 Å². The molecule has 0 aliphatic carbocycles. The number of ether oxygens (including phenoxy) is 1. The van der Waals surface area contributed by atoms with Gasteiger partial charge in [-0.1, -0.05) is 0 Å². The number of fused-ring (bicyclic) bond motifs is 1. The smallest absolute Gasteiger partial charge is 0.336 e. The molecule has 0 saturated heterocycles. The first-order chi connectivity index (χ1) is 8.06. The van der Waals surface area contributed by atoms with Crippen molar-refractivity contribution in [3.8, 4) is 5.75 Å².